The van der Waals surface area contributed by atoms with Crippen LogP contribution in [0.25, 0.3) is 112 Å². The highest BCUT2D eigenvalue weighted by Gasteiger charge is 2.16. The Morgan fingerprint density at radius 2 is 0.623 bits per heavy atom. The van der Waals surface area contributed by atoms with E-state index in [1.54, 1.807) is 0 Å². The second-order valence-electron chi connectivity index (χ2n) is 14.9. The Morgan fingerprint density at radius 3 is 1.18 bits per heavy atom. The van der Waals surface area contributed by atoms with E-state index < -0.39 is 0 Å². The lowest BCUT2D eigenvalue weighted by Gasteiger charge is -2.12. The smallest absolute Gasteiger partial charge is 0.164 e. The average molecular weight is 782 g/mol. The van der Waals surface area contributed by atoms with Gasteiger partial charge >= 0.3 is 0 Å². The molecule has 6 nitrogen and oxygen atoms in total. The maximum absolute atomic E-state index is 6.27. The van der Waals surface area contributed by atoms with E-state index in [9.17, 15) is 0 Å². The second-order valence-corrected chi connectivity index (χ2v) is 14.9. The molecule has 0 unspecified atom stereocenters. The first-order valence-corrected chi connectivity index (χ1v) is 20.2. The largest absolute Gasteiger partial charge is 0.456 e. The molecule has 0 amide bonds. The molecule has 286 valence electrons. The molecule has 0 atom stereocenters. The number of benzene rings is 8. The molecule has 0 N–H and O–H groups in total. The Hall–Kier alpha value is -8.35. The molecule has 3 heterocycles. The lowest BCUT2D eigenvalue weighted by Crippen LogP contribution is -2.00. The Bertz CT molecular complexity index is 3310. The zero-order valence-electron chi connectivity index (χ0n) is 32.9. The van der Waals surface area contributed by atoms with Crippen LogP contribution in [0.15, 0.2) is 217 Å². The van der Waals surface area contributed by atoms with Gasteiger partial charge in [-0.15, -0.1) is 0 Å². The highest BCUT2D eigenvalue weighted by molar-refractivity contribution is 6.05. The van der Waals surface area contributed by atoms with Crippen molar-refractivity contribution in [3.8, 4) is 90.3 Å². The molecule has 8 aromatic carbocycles. The summed E-state index contributed by atoms with van der Waals surface area (Å²) in [6, 6.07) is 72.4. The van der Waals surface area contributed by atoms with Crippen LogP contribution in [0, 0.1) is 0 Å². The van der Waals surface area contributed by atoms with Crippen molar-refractivity contribution in [1.82, 2.24) is 24.9 Å². The monoisotopic (exact) mass is 781 g/mol. The van der Waals surface area contributed by atoms with Gasteiger partial charge in [-0.1, -0.05) is 170 Å². The molecule has 11 aromatic rings. The lowest BCUT2D eigenvalue weighted by atomic mass is 9.97. The second kappa shape index (κ2) is 15.4. The van der Waals surface area contributed by atoms with E-state index in [0.717, 1.165) is 89.0 Å². The maximum atomic E-state index is 6.27. The van der Waals surface area contributed by atoms with E-state index in [4.69, 9.17) is 29.3 Å². The van der Waals surface area contributed by atoms with Crippen LogP contribution in [0.5, 0.6) is 0 Å². The van der Waals surface area contributed by atoms with Crippen molar-refractivity contribution in [3.63, 3.8) is 0 Å². The molecule has 61 heavy (non-hydrogen) atoms. The van der Waals surface area contributed by atoms with Gasteiger partial charge in [0.1, 0.15) is 11.2 Å². The highest BCUT2D eigenvalue weighted by atomic mass is 16.3. The van der Waals surface area contributed by atoms with E-state index >= 15 is 0 Å². The minimum Gasteiger partial charge on any atom is -0.456 e. The van der Waals surface area contributed by atoms with Crippen molar-refractivity contribution in [3.05, 3.63) is 212 Å². The number of aromatic nitrogens is 5. The quantitative estimate of drug-likeness (QED) is 0.153. The fourth-order valence-electron chi connectivity index (χ4n) is 7.86. The first-order chi connectivity index (χ1) is 30.2. The van der Waals surface area contributed by atoms with Crippen LogP contribution in [0.1, 0.15) is 0 Å². The molecule has 0 spiro atoms. The molecule has 11 rings (SSSR count). The molecule has 0 saturated heterocycles. The summed E-state index contributed by atoms with van der Waals surface area (Å²) in [6.07, 6.45) is 0. The minimum absolute atomic E-state index is 0.619. The number of furan rings is 1. The molecular weight excluding hydrogens is 747 g/mol. The topological polar surface area (TPSA) is 77.6 Å². The predicted octanol–water partition coefficient (Wildman–Crippen LogP) is 13.9. The van der Waals surface area contributed by atoms with Gasteiger partial charge in [-0.2, -0.15) is 0 Å². The Balaban J connectivity index is 0.956. The first-order valence-electron chi connectivity index (χ1n) is 20.2. The lowest BCUT2D eigenvalue weighted by molar-refractivity contribution is 0.669. The van der Waals surface area contributed by atoms with Crippen molar-refractivity contribution in [2.75, 3.05) is 0 Å². The van der Waals surface area contributed by atoms with Gasteiger partial charge in [-0.3, -0.25) is 0 Å². The third-order valence-corrected chi connectivity index (χ3v) is 10.9. The molecule has 0 fully saturated rings. The zero-order chi connectivity index (χ0) is 40.5. The first kappa shape index (κ1) is 35.8. The Labute approximate surface area is 352 Å². The molecule has 3 aromatic heterocycles. The van der Waals surface area contributed by atoms with Gasteiger partial charge in [0.05, 0.1) is 11.4 Å². The number of para-hydroxylation sites is 1. The van der Waals surface area contributed by atoms with E-state index in [-0.39, 0.29) is 0 Å². The minimum atomic E-state index is 0.619. The number of rotatable bonds is 8. The van der Waals surface area contributed by atoms with Gasteiger partial charge in [-0.25, -0.2) is 24.9 Å². The molecule has 0 bridgehead atoms. The molecule has 0 aliphatic rings. The SMILES string of the molecule is c1ccc(-c2cc(-c3ccc4c(c3)oc3ccccc34)nc(-c3cccc(-c4cccc(-c5cccc(-c6nc(-c7ccccc7)nc(-c7ccccc7)n6)c5)c4)c3)n2)cc1. The van der Waals surface area contributed by atoms with Gasteiger partial charge in [0, 0.05) is 44.2 Å². The van der Waals surface area contributed by atoms with Crippen LogP contribution in [-0.4, -0.2) is 24.9 Å². The van der Waals surface area contributed by atoms with Crippen molar-refractivity contribution in [2.24, 2.45) is 0 Å². The summed E-state index contributed by atoms with van der Waals surface area (Å²) < 4.78 is 6.27. The van der Waals surface area contributed by atoms with Crippen LogP contribution in [0.2, 0.25) is 0 Å². The maximum Gasteiger partial charge on any atom is 0.164 e. The number of fused-ring (bicyclic) bond motifs is 3. The van der Waals surface area contributed by atoms with Crippen molar-refractivity contribution >= 4 is 21.9 Å². The third kappa shape index (κ3) is 7.13. The summed E-state index contributed by atoms with van der Waals surface area (Å²) in [5.74, 6) is 2.53. The molecule has 0 aliphatic heterocycles. The average Bonchev–Trinajstić information content (AvgIpc) is 3.73. The van der Waals surface area contributed by atoms with Gasteiger partial charge < -0.3 is 4.42 Å². The van der Waals surface area contributed by atoms with Crippen LogP contribution >= 0.6 is 0 Å². The van der Waals surface area contributed by atoms with E-state index in [1.165, 1.54) is 0 Å². The molecule has 0 saturated carbocycles. The summed E-state index contributed by atoms with van der Waals surface area (Å²) in [7, 11) is 0. The van der Waals surface area contributed by atoms with Crippen molar-refractivity contribution < 1.29 is 4.42 Å². The third-order valence-electron chi connectivity index (χ3n) is 10.9. The predicted molar refractivity (Wildman–Crippen MR) is 246 cm³/mol. The summed E-state index contributed by atoms with van der Waals surface area (Å²) in [4.78, 5) is 25.1. The van der Waals surface area contributed by atoms with E-state index in [2.05, 4.69) is 115 Å². The number of hydrogen-bond donors (Lipinski definition) is 0. The Morgan fingerprint density at radius 1 is 0.230 bits per heavy atom. The molecular formula is C55H35N5O. The van der Waals surface area contributed by atoms with Crippen molar-refractivity contribution in [1.29, 1.82) is 0 Å². The highest BCUT2D eigenvalue weighted by Crippen LogP contribution is 2.35. The van der Waals surface area contributed by atoms with E-state index in [1.807, 2.05) is 97.1 Å². The van der Waals surface area contributed by atoms with Crippen LogP contribution in [-0.2, 0) is 0 Å². The van der Waals surface area contributed by atoms with Gasteiger partial charge in [0.15, 0.2) is 23.3 Å². The number of nitrogens with zero attached hydrogens (tertiary/aromatic N) is 5. The molecule has 0 aliphatic carbocycles. The summed E-state index contributed by atoms with van der Waals surface area (Å²) in [5.41, 5.74) is 13.3. The van der Waals surface area contributed by atoms with Gasteiger partial charge in [-0.05, 0) is 64.7 Å². The molecule has 6 heteroatoms. The van der Waals surface area contributed by atoms with Gasteiger partial charge in [0.25, 0.3) is 0 Å². The standard InChI is InChI=1S/C55H35N5O/c1-4-15-36(16-5-1)48-35-49(43-29-30-47-46-27-10-11-28-50(46)61-51(47)34-43)57-54(56-48)44-25-13-23-41(32-44)39-21-12-22-40(31-39)42-24-14-26-45(33-42)55-59-52(37-17-6-2-7-18-37)58-53(60-55)38-19-8-3-9-20-38/h1-35H. The fraction of sp³-hybridized carbons (Fsp3) is 0. The normalized spacial score (nSPS) is 11.3. The zero-order valence-corrected chi connectivity index (χ0v) is 32.9. The van der Waals surface area contributed by atoms with Crippen molar-refractivity contribution in [2.45, 2.75) is 0 Å². The van der Waals surface area contributed by atoms with Crippen LogP contribution in [0.3, 0.4) is 0 Å². The summed E-state index contributed by atoms with van der Waals surface area (Å²) >= 11 is 0. The summed E-state index contributed by atoms with van der Waals surface area (Å²) in [6.45, 7) is 0. The van der Waals surface area contributed by atoms with Gasteiger partial charge in [0.2, 0.25) is 0 Å². The van der Waals surface area contributed by atoms with E-state index in [0.29, 0.717) is 23.3 Å². The molecule has 0 radical (unpaired) electrons. The Kier molecular flexibility index (Phi) is 9.06. The van der Waals surface area contributed by atoms with Crippen LogP contribution < -0.4 is 0 Å². The summed E-state index contributed by atoms with van der Waals surface area (Å²) in [5, 5.41) is 2.18. The van der Waals surface area contributed by atoms with Crippen LogP contribution in [0.4, 0.5) is 0 Å². The number of hydrogen-bond acceptors (Lipinski definition) is 6. The fourth-order valence-corrected chi connectivity index (χ4v) is 7.86.